The van der Waals surface area contributed by atoms with Crippen LogP contribution in [0.25, 0.3) is 0 Å². The van der Waals surface area contributed by atoms with Gasteiger partial charge in [0.2, 0.25) is 0 Å². The smallest absolute Gasteiger partial charge is 0.151 e. The lowest BCUT2D eigenvalue weighted by Crippen LogP contribution is -2.20. The Kier molecular flexibility index (Phi) is 4.01. The van der Waals surface area contributed by atoms with E-state index in [1.807, 2.05) is 0 Å². The van der Waals surface area contributed by atoms with Crippen LogP contribution in [0.15, 0.2) is 0 Å². The van der Waals surface area contributed by atoms with Gasteiger partial charge in [-0.25, -0.2) is 0 Å². The second-order valence-electron chi connectivity index (χ2n) is 5.61. The SMILES string of the molecule is CC(C)(C)[SiH2]O[SiH2]C(C)(C)C. The first-order valence-corrected chi connectivity index (χ1v) is 6.85. The van der Waals surface area contributed by atoms with Gasteiger partial charge in [-0.15, -0.1) is 0 Å². The highest BCUT2D eigenvalue weighted by molar-refractivity contribution is 6.46. The first-order valence-electron chi connectivity index (χ1n) is 4.28. The molecule has 3 heteroatoms. The zero-order valence-corrected chi connectivity index (χ0v) is 11.7. The molecular formula is C8H22OSi2. The molecule has 0 aromatic rings. The molecule has 0 heterocycles. The molecular weight excluding hydrogens is 168 g/mol. The molecule has 0 radical (unpaired) electrons. The molecule has 0 amide bonds. The van der Waals surface area contributed by atoms with Crippen molar-refractivity contribution in [1.29, 1.82) is 0 Å². The Labute approximate surface area is 75.8 Å². The molecule has 0 aromatic carbocycles. The summed E-state index contributed by atoms with van der Waals surface area (Å²) in [6, 6.07) is 0. The topological polar surface area (TPSA) is 9.23 Å². The van der Waals surface area contributed by atoms with E-state index in [9.17, 15) is 0 Å². The molecule has 11 heavy (non-hydrogen) atoms. The molecule has 0 saturated heterocycles. The van der Waals surface area contributed by atoms with E-state index in [4.69, 9.17) is 4.12 Å². The van der Waals surface area contributed by atoms with Gasteiger partial charge >= 0.3 is 0 Å². The molecule has 0 N–H and O–H groups in total. The molecule has 0 atom stereocenters. The first-order chi connectivity index (χ1) is 4.71. The number of hydrogen-bond donors (Lipinski definition) is 0. The molecule has 0 saturated carbocycles. The van der Waals surface area contributed by atoms with Crippen molar-refractivity contribution < 1.29 is 4.12 Å². The van der Waals surface area contributed by atoms with Gasteiger partial charge in [0, 0.05) is 0 Å². The van der Waals surface area contributed by atoms with E-state index >= 15 is 0 Å². The molecule has 0 aliphatic carbocycles. The molecule has 0 fully saturated rings. The van der Waals surface area contributed by atoms with Gasteiger partial charge in [0.15, 0.2) is 19.5 Å². The average Bonchev–Trinajstić information content (AvgIpc) is 1.55. The Morgan fingerprint density at radius 2 is 1.00 bits per heavy atom. The van der Waals surface area contributed by atoms with Gasteiger partial charge in [-0.1, -0.05) is 41.5 Å². The van der Waals surface area contributed by atoms with Crippen molar-refractivity contribution in [3.63, 3.8) is 0 Å². The van der Waals surface area contributed by atoms with Crippen LogP contribution in [0.1, 0.15) is 41.5 Å². The standard InChI is InChI=1S/C8H22OSi2/c1-7(2,3)10-9-11-8(4,5)6/h10-11H2,1-6H3. The third-order valence-corrected chi connectivity index (χ3v) is 4.44. The lowest BCUT2D eigenvalue weighted by atomic mass is 10.3. The third-order valence-electron chi connectivity index (χ3n) is 1.07. The minimum atomic E-state index is -0.268. The summed E-state index contributed by atoms with van der Waals surface area (Å²) in [5.74, 6) is 0. The van der Waals surface area contributed by atoms with Gasteiger partial charge in [-0.2, -0.15) is 0 Å². The Bertz CT molecular complexity index is 96.2. The van der Waals surface area contributed by atoms with E-state index in [1.165, 1.54) is 0 Å². The van der Waals surface area contributed by atoms with Gasteiger partial charge in [-0.3, -0.25) is 0 Å². The van der Waals surface area contributed by atoms with Crippen LogP contribution in [0.2, 0.25) is 10.1 Å². The fraction of sp³-hybridized carbons (Fsp3) is 1.00. The van der Waals surface area contributed by atoms with Gasteiger partial charge < -0.3 is 4.12 Å². The zero-order valence-electron chi connectivity index (χ0n) is 8.82. The van der Waals surface area contributed by atoms with E-state index in [0.717, 1.165) is 0 Å². The number of rotatable bonds is 2. The van der Waals surface area contributed by atoms with Crippen molar-refractivity contribution in [2.45, 2.75) is 51.6 Å². The Hall–Kier alpha value is 0.394. The maximum absolute atomic E-state index is 5.84. The molecule has 0 spiro atoms. The highest BCUT2D eigenvalue weighted by atomic mass is 28.3. The fourth-order valence-electron chi connectivity index (χ4n) is 0.663. The fourth-order valence-corrected chi connectivity index (χ4v) is 5.97. The second-order valence-corrected chi connectivity index (χ2v) is 12.1. The van der Waals surface area contributed by atoms with Crippen LogP contribution in [0.4, 0.5) is 0 Å². The summed E-state index contributed by atoms with van der Waals surface area (Å²) in [5, 5.41) is 0.941. The Morgan fingerprint density at radius 3 is 1.18 bits per heavy atom. The predicted molar refractivity (Wildman–Crippen MR) is 57.6 cm³/mol. The van der Waals surface area contributed by atoms with Crippen LogP contribution < -0.4 is 0 Å². The molecule has 1 nitrogen and oxygen atoms in total. The van der Waals surface area contributed by atoms with Crippen LogP contribution >= 0.6 is 0 Å². The highest BCUT2D eigenvalue weighted by Gasteiger charge is 2.15. The van der Waals surface area contributed by atoms with Crippen LogP contribution in [0.5, 0.6) is 0 Å². The van der Waals surface area contributed by atoms with E-state index < -0.39 is 0 Å². The molecule has 0 rings (SSSR count). The summed E-state index contributed by atoms with van der Waals surface area (Å²) in [7, 11) is -0.537. The predicted octanol–water partition coefficient (Wildman–Crippen LogP) is 1.61. The monoisotopic (exact) mass is 190 g/mol. The maximum atomic E-state index is 5.84. The zero-order chi connectivity index (χ0) is 9.12. The molecule has 0 aromatic heterocycles. The molecule has 0 aliphatic heterocycles. The van der Waals surface area contributed by atoms with Crippen molar-refractivity contribution in [1.82, 2.24) is 0 Å². The molecule has 0 bridgehead atoms. The molecule has 68 valence electrons. The van der Waals surface area contributed by atoms with E-state index in [1.54, 1.807) is 0 Å². The summed E-state index contributed by atoms with van der Waals surface area (Å²) in [6.45, 7) is 13.6. The van der Waals surface area contributed by atoms with Crippen molar-refractivity contribution in [3.8, 4) is 0 Å². The van der Waals surface area contributed by atoms with Crippen molar-refractivity contribution in [2.24, 2.45) is 0 Å². The van der Waals surface area contributed by atoms with Crippen molar-refractivity contribution >= 4 is 19.5 Å². The first kappa shape index (κ1) is 11.4. The lowest BCUT2D eigenvalue weighted by Gasteiger charge is -2.22. The van der Waals surface area contributed by atoms with Gasteiger partial charge in [0.1, 0.15) is 0 Å². The van der Waals surface area contributed by atoms with Crippen LogP contribution in [-0.2, 0) is 4.12 Å². The Balaban J connectivity index is 3.44. The van der Waals surface area contributed by atoms with E-state index in [0.29, 0.717) is 10.1 Å². The average molecular weight is 190 g/mol. The quantitative estimate of drug-likeness (QED) is 0.601. The summed E-state index contributed by atoms with van der Waals surface area (Å²) >= 11 is 0. The van der Waals surface area contributed by atoms with Crippen molar-refractivity contribution in [3.05, 3.63) is 0 Å². The summed E-state index contributed by atoms with van der Waals surface area (Å²) in [6.07, 6.45) is 0. The highest BCUT2D eigenvalue weighted by Crippen LogP contribution is 2.24. The van der Waals surface area contributed by atoms with Gasteiger partial charge in [0.25, 0.3) is 0 Å². The van der Waals surface area contributed by atoms with E-state index in [-0.39, 0.29) is 19.5 Å². The summed E-state index contributed by atoms with van der Waals surface area (Å²) in [5.41, 5.74) is 0. The van der Waals surface area contributed by atoms with Gasteiger partial charge in [0.05, 0.1) is 0 Å². The summed E-state index contributed by atoms with van der Waals surface area (Å²) < 4.78 is 5.84. The molecule has 0 aliphatic rings. The lowest BCUT2D eigenvalue weighted by molar-refractivity contribution is 0.536. The van der Waals surface area contributed by atoms with Gasteiger partial charge in [-0.05, 0) is 10.1 Å². The van der Waals surface area contributed by atoms with Crippen LogP contribution in [0.3, 0.4) is 0 Å². The van der Waals surface area contributed by atoms with Crippen LogP contribution in [-0.4, -0.2) is 19.5 Å². The van der Waals surface area contributed by atoms with Crippen molar-refractivity contribution in [2.75, 3.05) is 0 Å². The second kappa shape index (κ2) is 3.87. The normalized spacial score (nSPS) is 15.8. The number of hydrogen-bond acceptors (Lipinski definition) is 1. The third kappa shape index (κ3) is 10.4. The Morgan fingerprint density at radius 1 is 0.727 bits per heavy atom. The summed E-state index contributed by atoms with van der Waals surface area (Å²) in [4.78, 5) is 0. The van der Waals surface area contributed by atoms with Crippen LogP contribution in [0, 0.1) is 0 Å². The largest absolute Gasteiger partial charge is 0.464 e. The maximum Gasteiger partial charge on any atom is 0.151 e. The van der Waals surface area contributed by atoms with E-state index in [2.05, 4.69) is 41.5 Å². The molecule has 0 unspecified atom stereocenters. The minimum Gasteiger partial charge on any atom is -0.464 e. The minimum absolute atomic E-state index is 0.268.